The normalized spacial score (nSPS) is 19.7. The van der Waals surface area contributed by atoms with Crippen LogP contribution in [0, 0.1) is 11.2 Å². The molecule has 3 rings (SSSR count). The van der Waals surface area contributed by atoms with E-state index in [0.29, 0.717) is 38.2 Å². The van der Waals surface area contributed by atoms with Gasteiger partial charge in [0.15, 0.2) is 0 Å². The molecule has 2 aliphatic rings. The zero-order valence-corrected chi connectivity index (χ0v) is 14.7. The Bertz CT molecular complexity index is 641. The number of likely N-dealkylation sites (tertiary alicyclic amines) is 2. The third kappa shape index (κ3) is 4.18. The molecule has 136 valence electrons. The van der Waals surface area contributed by atoms with Crippen molar-refractivity contribution in [1.82, 2.24) is 9.80 Å². The van der Waals surface area contributed by atoms with Gasteiger partial charge in [0.05, 0.1) is 13.0 Å². The van der Waals surface area contributed by atoms with Crippen molar-refractivity contribution >= 4 is 11.8 Å². The molecule has 6 heteroatoms. The number of amides is 2. The second kappa shape index (κ2) is 7.52. The van der Waals surface area contributed by atoms with Gasteiger partial charge < -0.3 is 14.5 Å². The number of rotatable bonds is 5. The number of methoxy groups -OCH3 is 1. The lowest BCUT2D eigenvalue weighted by Gasteiger charge is -2.39. The van der Waals surface area contributed by atoms with Crippen molar-refractivity contribution in [3.63, 3.8) is 0 Å². The van der Waals surface area contributed by atoms with E-state index in [-0.39, 0.29) is 29.5 Å². The number of halogens is 1. The Labute approximate surface area is 147 Å². The van der Waals surface area contributed by atoms with E-state index in [0.717, 1.165) is 19.4 Å². The monoisotopic (exact) mass is 348 g/mol. The first-order valence-corrected chi connectivity index (χ1v) is 8.80. The fraction of sp³-hybridized carbons (Fsp3) is 0.579. The van der Waals surface area contributed by atoms with Crippen LogP contribution in [0.25, 0.3) is 0 Å². The third-order valence-corrected chi connectivity index (χ3v) is 5.39. The number of benzene rings is 1. The number of hydrogen-bond donors (Lipinski definition) is 0. The van der Waals surface area contributed by atoms with Crippen molar-refractivity contribution in [1.29, 1.82) is 0 Å². The van der Waals surface area contributed by atoms with Crippen LogP contribution >= 0.6 is 0 Å². The first-order chi connectivity index (χ1) is 12.0. The molecule has 0 aromatic heterocycles. The molecule has 1 aromatic rings. The van der Waals surface area contributed by atoms with Gasteiger partial charge >= 0.3 is 0 Å². The van der Waals surface area contributed by atoms with Crippen molar-refractivity contribution in [3.8, 4) is 0 Å². The molecule has 2 amide bonds. The highest BCUT2D eigenvalue weighted by Crippen LogP contribution is 2.41. The Morgan fingerprint density at radius 1 is 1.32 bits per heavy atom. The van der Waals surface area contributed by atoms with E-state index in [1.54, 1.807) is 19.2 Å². The van der Waals surface area contributed by atoms with Gasteiger partial charge in [0.25, 0.3) is 0 Å². The van der Waals surface area contributed by atoms with Gasteiger partial charge in [-0.15, -0.1) is 0 Å². The van der Waals surface area contributed by atoms with E-state index in [9.17, 15) is 14.0 Å². The Morgan fingerprint density at radius 3 is 2.76 bits per heavy atom. The van der Waals surface area contributed by atoms with Crippen LogP contribution < -0.4 is 0 Å². The van der Waals surface area contributed by atoms with Gasteiger partial charge in [0.2, 0.25) is 11.8 Å². The van der Waals surface area contributed by atoms with Gasteiger partial charge in [0, 0.05) is 45.1 Å². The molecule has 0 radical (unpaired) electrons. The molecular formula is C19H25FN2O3. The summed E-state index contributed by atoms with van der Waals surface area (Å²) in [6.07, 6.45) is 2.49. The van der Waals surface area contributed by atoms with Crippen LogP contribution in [-0.2, 0) is 20.7 Å². The quantitative estimate of drug-likeness (QED) is 0.816. The van der Waals surface area contributed by atoms with Crippen LogP contribution in [0.2, 0.25) is 0 Å². The summed E-state index contributed by atoms with van der Waals surface area (Å²) in [5.74, 6) is -0.0962. The molecule has 0 atom stereocenters. The first kappa shape index (κ1) is 17.9. The van der Waals surface area contributed by atoms with E-state index in [4.69, 9.17) is 4.74 Å². The molecular weight excluding hydrogens is 323 g/mol. The fourth-order valence-corrected chi connectivity index (χ4v) is 3.89. The van der Waals surface area contributed by atoms with Gasteiger partial charge in [-0.2, -0.15) is 0 Å². The predicted molar refractivity (Wildman–Crippen MR) is 91.4 cm³/mol. The van der Waals surface area contributed by atoms with Gasteiger partial charge in [0.1, 0.15) is 5.82 Å². The summed E-state index contributed by atoms with van der Waals surface area (Å²) in [5, 5.41) is 0. The Hall–Kier alpha value is -1.95. The fourth-order valence-electron chi connectivity index (χ4n) is 3.89. The van der Waals surface area contributed by atoms with Crippen LogP contribution in [0.5, 0.6) is 0 Å². The summed E-state index contributed by atoms with van der Waals surface area (Å²) >= 11 is 0. The minimum absolute atomic E-state index is 0.000456. The number of carbonyl (C=O) groups excluding carboxylic acids is 2. The smallest absolute Gasteiger partial charge is 0.226 e. The molecule has 1 aromatic carbocycles. The second-order valence-electron chi connectivity index (χ2n) is 7.17. The standard InChI is InChI=1S/C19H25FN2O3/c1-25-10-9-22-14-19(13-18(22)24)5-7-21(8-6-19)17(23)12-15-3-2-4-16(20)11-15/h2-4,11H,5-10,12-14H2,1H3. The van der Waals surface area contributed by atoms with Crippen LogP contribution in [0.3, 0.4) is 0 Å². The zero-order chi connectivity index (χ0) is 17.9. The molecule has 1 spiro atoms. The Morgan fingerprint density at radius 2 is 2.08 bits per heavy atom. The predicted octanol–water partition coefficient (Wildman–Crippen LogP) is 1.86. The minimum Gasteiger partial charge on any atom is -0.383 e. The third-order valence-electron chi connectivity index (χ3n) is 5.39. The largest absolute Gasteiger partial charge is 0.383 e. The van der Waals surface area contributed by atoms with E-state index < -0.39 is 0 Å². The molecule has 25 heavy (non-hydrogen) atoms. The van der Waals surface area contributed by atoms with Crippen LogP contribution in [0.4, 0.5) is 4.39 Å². The van der Waals surface area contributed by atoms with Gasteiger partial charge in [-0.25, -0.2) is 4.39 Å². The molecule has 0 unspecified atom stereocenters. The molecule has 0 saturated carbocycles. The average molecular weight is 348 g/mol. The molecule has 2 fully saturated rings. The number of carbonyl (C=O) groups is 2. The average Bonchev–Trinajstić information content (AvgIpc) is 2.89. The molecule has 0 bridgehead atoms. The molecule has 2 aliphatic heterocycles. The van der Waals surface area contributed by atoms with Crippen molar-refractivity contribution in [2.45, 2.75) is 25.7 Å². The molecule has 2 heterocycles. The SMILES string of the molecule is COCCN1CC2(CCN(C(=O)Cc3cccc(F)c3)CC2)CC1=O. The number of piperidine rings is 1. The summed E-state index contributed by atoms with van der Waals surface area (Å²) in [6.45, 7) is 3.29. The summed E-state index contributed by atoms with van der Waals surface area (Å²) in [5.41, 5.74) is 0.701. The van der Waals surface area contributed by atoms with Gasteiger partial charge in [-0.1, -0.05) is 12.1 Å². The van der Waals surface area contributed by atoms with Crippen LogP contribution in [0.1, 0.15) is 24.8 Å². The molecule has 0 aliphatic carbocycles. The Balaban J connectivity index is 1.53. The maximum Gasteiger partial charge on any atom is 0.226 e. The Kier molecular flexibility index (Phi) is 5.37. The number of ether oxygens (including phenoxy) is 1. The lowest BCUT2D eigenvalue weighted by Crippen LogP contribution is -2.45. The van der Waals surface area contributed by atoms with Crippen molar-refractivity contribution < 1.29 is 18.7 Å². The van der Waals surface area contributed by atoms with Gasteiger partial charge in [-0.05, 0) is 30.5 Å². The molecule has 5 nitrogen and oxygen atoms in total. The van der Waals surface area contributed by atoms with Gasteiger partial charge in [-0.3, -0.25) is 9.59 Å². The van der Waals surface area contributed by atoms with Crippen molar-refractivity contribution in [2.24, 2.45) is 5.41 Å². The van der Waals surface area contributed by atoms with Crippen molar-refractivity contribution in [3.05, 3.63) is 35.6 Å². The van der Waals surface area contributed by atoms with E-state index in [2.05, 4.69) is 0 Å². The number of hydrogen-bond acceptors (Lipinski definition) is 3. The van der Waals surface area contributed by atoms with Crippen LogP contribution in [-0.4, -0.2) is 61.5 Å². The second-order valence-corrected chi connectivity index (χ2v) is 7.17. The topological polar surface area (TPSA) is 49.9 Å². The molecule has 0 N–H and O–H groups in total. The van der Waals surface area contributed by atoms with Crippen LogP contribution in [0.15, 0.2) is 24.3 Å². The summed E-state index contributed by atoms with van der Waals surface area (Å²) in [6, 6.07) is 6.19. The highest BCUT2D eigenvalue weighted by atomic mass is 19.1. The maximum atomic E-state index is 13.3. The summed E-state index contributed by atoms with van der Waals surface area (Å²) in [7, 11) is 1.64. The van der Waals surface area contributed by atoms with E-state index >= 15 is 0 Å². The first-order valence-electron chi connectivity index (χ1n) is 8.80. The van der Waals surface area contributed by atoms with E-state index in [1.807, 2.05) is 9.80 Å². The maximum absolute atomic E-state index is 13.3. The summed E-state index contributed by atoms with van der Waals surface area (Å²) < 4.78 is 18.3. The highest BCUT2D eigenvalue weighted by Gasteiger charge is 2.45. The lowest BCUT2D eigenvalue weighted by atomic mass is 9.77. The lowest BCUT2D eigenvalue weighted by molar-refractivity contribution is -0.132. The highest BCUT2D eigenvalue weighted by molar-refractivity contribution is 5.80. The minimum atomic E-state index is -0.316. The van der Waals surface area contributed by atoms with Crippen molar-refractivity contribution in [2.75, 3.05) is 39.9 Å². The zero-order valence-electron chi connectivity index (χ0n) is 14.7. The summed E-state index contributed by atoms with van der Waals surface area (Å²) in [4.78, 5) is 28.4. The van der Waals surface area contributed by atoms with E-state index in [1.165, 1.54) is 12.1 Å². The molecule has 2 saturated heterocycles. The number of nitrogens with zero attached hydrogens (tertiary/aromatic N) is 2.